The van der Waals surface area contributed by atoms with E-state index < -0.39 is 18.2 Å². The molecule has 0 aromatic heterocycles. The van der Waals surface area contributed by atoms with Gasteiger partial charge in [0, 0.05) is 5.92 Å². The number of aliphatic hydroxyl groups is 1. The fourth-order valence-electron chi connectivity index (χ4n) is 6.52. The fourth-order valence-corrected chi connectivity index (χ4v) is 6.52. The minimum atomic E-state index is -4.16. The van der Waals surface area contributed by atoms with Crippen molar-refractivity contribution in [3.05, 3.63) is 11.6 Å². The normalized spacial score (nSPS) is 41.7. The molecule has 3 saturated carbocycles. The van der Waals surface area contributed by atoms with Gasteiger partial charge in [-0.15, -0.1) is 0 Å². The summed E-state index contributed by atoms with van der Waals surface area (Å²) < 4.78 is 38.8. The van der Waals surface area contributed by atoms with Crippen LogP contribution in [0, 0.1) is 35.5 Å². The summed E-state index contributed by atoms with van der Waals surface area (Å²) in [6.07, 6.45) is 11.1. The first-order valence-electron chi connectivity index (χ1n) is 11.4. The Balaban J connectivity index is 1.26. The van der Waals surface area contributed by atoms with E-state index in [2.05, 4.69) is 6.08 Å². The molecule has 1 N–H and O–H groups in total. The van der Waals surface area contributed by atoms with E-state index in [0.717, 1.165) is 36.5 Å². The van der Waals surface area contributed by atoms with E-state index in [1.54, 1.807) is 0 Å². The fraction of sp³-hybridized carbons (Fsp3) is 0.913. The molecule has 4 rings (SSSR count). The zero-order valence-electron chi connectivity index (χ0n) is 16.4. The van der Waals surface area contributed by atoms with E-state index in [1.807, 2.05) is 0 Å². The number of hydrogen-bond acceptors (Lipinski definition) is 1. The molecular weight excluding hydrogens is 349 g/mol. The summed E-state index contributed by atoms with van der Waals surface area (Å²) in [6.45, 7) is 0. The quantitative estimate of drug-likeness (QED) is 0.540. The van der Waals surface area contributed by atoms with E-state index in [1.165, 1.54) is 56.9 Å². The van der Waals surface area contributed by atoms with Gasteiger partial charge in [-0.05, 0) is 87.9 Å². The molecule has 0 spiro atoms. The number of allylic oxidation sites excluding steroid dienone is 1. The molecule has 154 valence electrons. The molecule has 1 nitrogen and oxygen atoms in total. The average Bonchev–Trinajstić information content (AvgIpc) is 2.60. The van der Waals surface area contributed by atoms with Crippen molar-refractivity contribution in [2.24, 2.45) is 35.5 Å². The lowest BCUT2D eigenvalue weighted by Gasteiger charge is -2.42. The Morgan fingerprint density at radius 3 is 1.89 bits per heavy atom. The standard InChI is InChI=1S/C23H35F3O/c24-23(25,26)20-12-13-21(22(27)14-20)19-10-8-18(9-11-19)17-6-4-16(5-7-17)15-2-1-3-15/h10,15-18,20-22,27H,1-9,11-14H2. The maximum atomic E-state index is 12.9. The van der Waals surface area contributed by atoms with Crippen LogP contribution in [0.1, 0.15) is 83.5 Å². The number of halogens is 3. The Bertz CT molecular complexity index is 528. The van der Waals surface area contributed by atoms with E-state index in [0.29, 0.717) is 6.42 Å². The van der Waals surface area contributed by atoms with Crippen LogP contribution in [0.4, 0.5) is 13.2 Å². The Morgan fingerprint density at radius 1 is 0.778 bits per heavy atom. The molecule has 4 aliphatic rings. The molecule has 4 aliphatic carbocycles. The van der Waals surface area contributed by atoms with Gasteiger partial charge >= 0.3 is 6.18 Å². The lowest BCUT2D eigenvalue weighted by Crippen LogP contribution is -2.37. The van der Waals surface area contributed by atoms with Gasteiger partial charge in [0.2, 0.25) is 0 Å². The van der Waals surface area contributed by atoms with Crippen LogP contribution in [0.2, 0.25) is 0 Å². The van der Waals surface area contributed by atoms with Gasteiger partial charge in [0.05, 0.1) is 12.0 Å². The van der Waals surface area contributed by atoms with Gasteiger partial charge in [-0.1, -0.05) is 30.9 Å². The lowest BCUT2D eigenvalue weighted by atomic mass is 9.64. The summed E-state index contributed by atoms with van der Waals surface area (Å²) in [5.41, 5.74) is 1.25. The first-order chi connectivity index (χ1) is 12.9. The van der Waals surface area contributed by atoms with Gasteiger partial charge < -0.3 is 5.11 Å². The molecule has 3 fully saturated rings. The first-order valence-corrected chi connectivity index (χ1v) is 11.4. The third-order valence-corrected chi connectivity index (χ3v) is 8.54. The van der Waals surface area contributed by atoms with Crippen LogP contribution in [-0.2, 0) is 0 Å². The minimum Gasteiger partial charge on any atom is -0.392 e. The third kappa shape index (κ3) is 4.41. The second-order valence-electron chi connectivity index (χ2n) is 9.90. The van der Waals surface area contributed by atoms with Crippen LogP contribution < -0.4 is 0 Å². The Kier molecular flexibility index (Phi) is 5.92. The topological polar surface area (TPSA) is 20.2 Å². The van der Waals surface area contributed by atoms with Crippen molar-refractivity contribution in [3.63, 3.8) is 0 Å². The Morgan fingerprint density at radius 2 is 1.41 bits per heavy atom. The summed E-state index contributed by atoms with van der Waals surface area (Å²) >= 11 is 0. The van der Waals surface area contributed by atoms with Gasteiger partial charge in [0.1, 0.15) is 0 Å². The highest BCUT2D eigenvalue weighted by molar-refractivity contribution is 5.14. The molecule has 4 atom stereocenters. The van der Waals surface area contributed by atoms with E-state index >= 15 is 0 Å². The van der Waals surface area contributed by atoms with Crippen LogP contribution in [0.25, 0.3) is 0 Å². The molecule has 27 heavy (non-hydrogen) atoms. The van der Waals surface area contributed by atoms with E-state index in [9.17, 15) is 18.3 Å². The summed E-state index contributed by atoms with van der Waals surface area (Å²) in [4.78, 5) is 0. The third-order valence-electron chi connectivity index (χ3n) is 8.54. The van der Waals surface area contributed by atoms with Gasteiger partial charge in [-0.2, -0.15) is 13.2 Å². The second kappa shape index (κ2) is 8.08. The van der Waals surface area contributed by atoms with Crippen LogP contribution in [-0.4, -0.2) is 17.4 Å². The average molecular weight is 385 g/mol. The van der Waals surface area contributed by atoms with Gasteiger partial charge in [0.15, 0.2) is 0 Å². The van der Waals surface area contributed by atoms with Gasteiger partial charge in [-0.25, -0.2) is 0 Å². The molecule has 0 amide bonds. The number of rotatable bonds is 3. The molecule has 4 heteroatoms. The predicted octanol–water partition coefficient (Wildman–Crippen LogP) is 6.66. The van der Waals surface area contributed by atoms with Crippen molar-refractivity contribution in [1.29, 1.82) is 0 Å². The molecule has 0 radical (unpaired) electrons. The van der Waals surface area contributed by atoms with Crippen LogP contribution in [0.15, 0.2) is 11.6 Å². The van der Waals surface area contributed by atoms with Crippen LogP contribution >= 0.6 is 0 Å². The smallest absolute Gasteiger partial charge is 0.391 e. The lowest BCUT2D eigenvalue weighted by molar-refractivity contribution is -0.192. The number of hydrogen-bond donors (Lipinski definition) is 1. The molecule has 0 bridgehead atoms. The van der Waals surface area contributed by atoms with Gasteiger partial charge in [-0.3, -0.25) is 0 Å². The summed E-state index contributed by atoms with van der Waals surface area (Å²) in [7, 11) is 0. The second-order valence-corrected chi connectivity index (χ2v) is 9.90. The van der Waals surface area contributed by atoms with Crippen molar-refractivity contribution in [1.82, 2.24) is 0 Å². The maximum Gasteiger partial charge on any atom is 0.391 e. The van der Waals surface area contributed by atoms with Crippen molar-refractivity contribution < 1.29 is 18.3 Å². The van der Waals surface area contributed by atoms with Crippen LogP contribution in [0.5, 0.6) is 0 Å². The molecule has 0 heterocycles. The summed E-state index contributed by atoms with van der Waals surface area (Å²) in [6, 6.07) is 0. The molecular formula is C23H35F3O. The maximum absolute atomic E-state index is 12.9. The zero-order chi connectivity index (χ0) is 19.0. The van der Waals surface area contributed by atoms with Crippen molar-refractivity contribution in [2.45, 2.75) is 95.8 Å². The largest absolute Gasteiger partial charge is 0.392 e. The summed E-state index contributed by atoms with van der Waals surface area (Å²) in [5.74, 6) is 2.29. The molecule has 0 aromatic carbocycles. The number of aliphatic hydroxyl groups excluding tert-OH is 1. The van der Waals surface area contributed by atoms with Crippen molar-refractivity contribution in [2.75, 3.05) is 0 Å². The number of alkyl halides is 3. The van der Waals surface area contributed by atoms with E-state index in [4.69, 9.17) is 0 Å². The first kappa shape index (κ1) is 19.8. The molecule has 0 aromatic rings. The highest BCUT2D eigenvalue weighted by atomic mass is 19.4. The molecule has 0 aliphatic heterocycles. The van der Waals surface area contributed by atoms with E-state index in [-0.39, 0.29) is 18.8 Å². The Labute approximate surface area is 161 Å². The summed E-state index contributed by atoms with van der Waals surface area (Å²) in [5, 5.41) is 10.3. The Hall–Kier alpha value is -0.510. The molecule has 0 saturated heterocycles. The predicted molar refractivity (Wildman–Crippen MR) is 101 cm³/mol. The van der Waals surface area contributed by atoms with Crippen LogP contribution in [0.3, 0.4) is 0 Å². The molecule has 4 unspecified atom stereocenters. The monoisotopic (exact) mass is 384 g/mol. The highest BCUT2D eigenvalue weighted by Crippen LogP contribution is 2.48. The minimum absolute atomic E-state index is 0.0288. The van der Waals surface area contributed by atoms with Crippen molar-refractivity contribution >= 4 is 0 Å². The van der Waals surface area contributed by atoms with Gasteiger partial charge in [0.25, 0.3) is 0 Å². The zero-order valence-corrected chi connectivity index (χ0v) is 16.4. The van der Waals surface area contributed by atoms with Crippen molar-refractivity contribution in [3.8, 4) is 0 Å². The SMILES string of the molecule is OC1CC(C(F)(F)F)CCC1C1=CCC(C2CCC(C3CCC3)CC2)CC1. The highest BCUT2D eigenvalue weighted by Gasteiger charge is 2.45.